The number of hydrogen-bond donors (Lipinski definition) is 0. The van der Waals surface area contributed by atoms with E-state index in [-0.39, 0.29) is 23.4 Å². The summed E-state index contributed by atoms with van der Waals surface area (Å²) in [6.45, 7) is 6.55. The molecule has 2 amide bonds. The van der Waals surface area contributed by atoms with Crippen LogP contribution in [0.2, 0.25) is 0 Å². The molecule has 3 rings (SSSR count). The summed E-state index contributed by atoms with van der Waals surface area (Å²) in [6, 6.07) is 5.82. The van der Waals surface area contributed by atoms with Gasteiger partial charge in [-0.25, -0.2) is 4.39 Å². The lowest BCUT2D eigenvalue weighted by atomic mass is 10.1. The van der Waals surface area contributed by atoms with Crippen LogP contribution >= 0.6 is 0 Å². The smallest absolute Gasteiger partial charge is 0.256 e. The van der Waals surface area contributed by atoms with E-state index >= 15 is 0 Å². The molecule has 0 spiro atoms. The Bertz CT molecular complexity index is 626. The molecule has 7 heteroatoms. The summed E-state index contributed by atoms with van der Waals surface area (Å²) in [5, 5.41) is 0. The van der Waals surface area contributed by atoms with Gasteiger partial charge in [-0.15, -0.1) is 0 Å². The topological polar surface area (TPSA) is 53.1 Å². The number of hydrogen-bond acceptors (Lipinski definition) is 4. The van der Waals surface area contributed by atoms with Crippen LogP contribution in [-0.4, -0.2) is 85.0 Å². The fourth-order valence-corrected chi connectivity index (χ4v) is 3.32. The molecule has 2 aliphatic rings. The molecule has 1 atom stereocenters. The van der Waals surface area contributed by atoms with Crippen molar-refractivity contribution < 1.29 is 18.7 Å². The molecule has 0 radical (unpaired) electrons. The van der Waals surface area contributed by atoms with E-state index in [1.807, 2.05) is 11.8 Å². The summed E-state index contributed by atoms with van der Waals surface area (Å²) in [4.78, 5) is 30.6. The number of halogens is 1. The number of carbonyl (C=O) groups is 2. The number of rotatable bonds is 3. The van der Waals surface area contributed by atoms with Gasteiger partial charge in [-0.2, -0.15) is 0 Å². The molecule has 2 fully saturated rings. The Labute approximate surface area is 147 Å². The maximum atomic E-state index is 13.8. The Morgan fingerprint density at radius 3 is 2.28 bits per heavy atom. The molecule has 0 bridgehead atoms. The van der Waals surface area contributed by atoms with Crippen molar-refractivity contribution in [2.75, 3.05) is 52.5 Å². The van der Waals surface area contributed by atoms with Gasteiger partial charge in [0.05, 0.1) is 24.8 Å². The second-order valence-corrected chi connectivity index (χ2v) is 6.42. The third kappa shape index (κ3) is 3.99. The maximum absolute atomic E-state index is 13.8. The molecule has 0 aliphatic carbocycles. The maximum Gasteiger partial charge on any atom is 0.256 e. The second kappa shape index (κ2) is 7.93. The highest BCUT2D eigenvalue weighted by atomic mass is 19.1. The largest absolute Gasteiger partial charge is 0.378 e. The van der Waals surface area contributed by atoms with E-state index in [2.05, 4.69) is 4.90 Å². The SMILES string of the molecule is C[C@@H](C(=O)N1CCOCC1)N1CCN(C(=O)c2ccccc2F)CC1. The standard InChI is InChI=1S/C18H24FN3O3/c1-14(17(23)22-10-12-25-13-11-22)20-6-8-21(9-7-20)18(24)15-4-2-3-5-16(15)19/h2-5,14H,6-13H2,1H3/t14-/m0/s1. The summed E-state index contributed by atoms with van der Waals surface area (Å²) in [5.74, 6) is -0.673. The van der Waals surface area contributed by atoms with Crippen LogP contribution in [-0.2, 0) is 9.53 Å². The highest BCUT2D eigenvalue weighted by Crippen LogP contribution is 2.14. The molecule has 1 aromatic rings. The summed E-state index contributed by atoms with van der Waals surface area (Å²) in [7, 11) is 0. The summed E-state index contributed by atoms with van der Waals surface area (Å²) in [6.07, 6.45) is 0. The Morgan fingerprint density at radius 1 is 1.00 bits per heavy atom. The fourth-order valence-electron chi connectivity index (χ4n) is 3.32. The van der Waals surface area contributed by atoms with Crippen LogP contribution in [0.1, 0.15) is 17.3 Å². The predicted molar refractivity (Wildman–Crippen MR) is 90.7 cm³/mol. The van der Waals surface area contributed by atoms with Crippen LogP contribution in [0.5, 0.6) is 0 Å². The quantitative estimate of drug-likeness (QED) is 0.811. The molecule has 6 nitrogen and oxygen atoms in total. The molecule has 2 heterocycles. The van der Waals surface area contributed by atoms with Crippen LogP contribution < -0.4 is 0 Å². The highest BCUT2D eigenvalue weighted by Gasteiger charge is 2.31. The summed E-state index contributed by atoms with van der Waals surface area (Å²) in [5.41, 5.74) is 0.105. The molecule has 136 valence electrons. The molecule has 0 N–H and O–H groups in total. The zero-order chi connectivity index (χ0) is 17.8. The van der Waals surface area contributed by atoms with Crippen molar-refractivity contribution in [3.63, 3.8) is 0 Å². The molecule has 1 aromatic carbocycles. The van der Waals surface area contributed by atoms with E-state index in [1.54, 1.807) is 17.0 Å². The van der Waals surface area contributed by atoms with E-state index in [0.29, 0.717) is 52.5 Å². The first-order chi connectivity index (χ1) is 12.1. The van der Waals surface area contributed by atoms with Crippen LogP contribution in [0.15, 0.2) is 24.3 Å². The third-order valence-corrected chi connectivity index (χ3v) is 4.93. The zero-order valence-electron chi connectivity index (χ0n) is 14.5. The number of amides is 2. The minimum Gasteiger partial charge on any atom is -0.378 e. The average Bonchev–Trinajstić information content (AvgIpc) is 2.67. The monoisotopic (exact) mass is 349 g/mol. The van der Waals surface area contributed by atoms with Gasteiger partial charge in [0.1, 0.15) is 5.82 Å². The van der Waals surface area contributed by atoms with Crippen molar-refractivity contribution in [2.24, 2.45) is 0 Å². The number of morpholine rings is 1. The lowest BCUT2D eigenvalue weighted by Gasteiger charge is -2.39. The molecular weight excluding hydrogens is 325 g/mol. The van der Waals surface area contributed by atoms with Crippen LogP contribution in [0.3, 0.4) is 0 Å². The Kier molecular flexibility index (Phi) is 5.65. The molecule has 0 aromatic heterocycles. The zero-order valence-corrected chi connectivity index (χ0v) is 14.5. The number of benzene rings is 1. The highest BCUT2D eigenvalue weighted by molar-refractivity contribution is 5.94. The van der Waals surface area contributed by atoms with Crippen molar-refractivity contribution in [2.45, 2.75) is 13.0 Å². The second-order valence-electron chi connectivity index (χ2n) is 6.42. The van der Waals surface area contributed by atoms with E-state index in [0.717, 1.165) is 0 Å². The molecule has 2 aliphatic heterocycles. The van der Waals surface area contributed by atoms with Gasteiger partial charge in [-0.1, -0.05) is 12.1 Å². The number of carbonyl (C=O) groups excluding carboxylic acids is 2. The van der Waals surface area contributed by atoms with Crippen molar-refractivity contribution in [3.05, 3.63) is 35.6 Å². The minimum atomic E-state index is -0.495. The van der Waals surface area contributed by atoms with Gasteiger partial charge >= 0.3 is 0 Å². The van der Waals surface area contributed by atoms with E-state index in [9.17, 15) is 14.0 Å². The van der Waals surface area contributed by atoms with E-state index in [4.69, 9.17) is 4.74 Å². The first kappa shape index (κ1) is 17.8. The molecule has 0 saturated carbocycles. The van der Waals surface area contributed by atoms with Crippen LogP contribution in [0, 0.1) is 5.82 Å². The van der Waals surface area contributed by atoms with Crippen molar-refractivity contribution >= 4 is 11.8 Å². The van der Waals surface area contributed by atoms with Gasteiger partial charge in [0.15, 0.2) is 0 Å². The average molecular weight is 349 g/mol. The molecular formula is C18H24FN3O3. The lowest BCUT2D eigenvalue weighted by Crippen LogP contribution is -2.56. The van der Waals surface area contributed by atoms with Gasteiger partial charge in [0, 0.05) is 39.3 Å². The molecule has 25 heavy (non-hydrogen) atoms. The first-order valence-electron chi connectivity index (χ1n) is 8.72. The molecule has 2 saturated heterocycles. The van der Waals surface area contributed by atoms with Gasteiger partial charge in [-0.05, 0) is 19.1 Å². The van der Waals surface area contributed by atoms with Gasteiger partial charge in [0.2, 0.25) is 5.91 Å². The van der Waals surface area contributed by atoms with Gasteiger partial charge in [-0.3, -0.25) is 14.5 Å². The van der Waals surface area contributed by atoms with Crippen LogP contribution in [0.25, 0.3) is 0 Å². The molecule has 0 unspecified atom stereocenters. The van der Waals surface area contributed by atoms with E-state index < -0.39 is 5.82 Å². The third-order valence-electron chi connectivity index (χ3n) is 4.93. The van der Waals surface area contributed by atoms with Gasteiger partial charge in [0.25, 0.3) is 5.91 Å². The van der Waals surface area contributed by atoms with E-state index in [1.165, 1.54) is 12.1 Å². The Hall–Kier alpha value is -1.99. The summed E-state index contributed by atoms with van der Waals surface area (Å²) >= 11 is 0. The number of nitrogens with zero attached hydrogens (tertiary/aromatic N) is 3. The fraction of sp³-hybridized carbons (Fsp3) is 0.556. The number of piperazine rings is 1. The first-order valence-corrected chi connectivity index (χ1v) is 8.72. The predicted octanol–water partition coefficient (Wildman–Crippen LogP) is 0.831. The van der Waals surface area contributed by atoms with Crippen molar-refractivity contribution in [1.29, 1.82) is 0 Å². The Balaban J connectivity index is 1.55. The van der Waals surface area contributed by atoms with Gasteiger partial charge < -0.3 is 14.5 Å². The number of ether oxygens (including phenoxy) is 1. The van der Waals surface area contributed by atoms with Crippen molar-refractivity contribution in [1.82, 2.24) is 14.7 Å². The Morgan fingerprint density at radius 2 is 1.64 bits per heavy atom. The lowest BCUT2D eigenvalue weighted by molar-refractivity contribution is -0.141. The van der Waals surface area contributed by atoms with Crippen LogP contribution in [0.4, 0.5) is 4.39 Å². The van der Waals surface area contributed by atoms with Crippen molar-refractivity contribution in [3.8, 4) is 0 Å². The minimum absolute atomic E-state index is 0.105. The summed E-state index contributed by atoms with van der Waals surface area (Å²) < 4.78 is 19.1. The normalized spacial score (nSPS) is 20.4.